The zero-order valence-electron chi connectivity index (χ0n) is 13.4. The number of urea groups is 1. The average Bonchev–Trinajstić information content (AvgIpc) is 2.89. The molecular weight excluding hydrogens is 441 g/mol. The predicted octanol–water partition coefficient (Wildman–Crippen LogP) is 1.11. The summed E-state index contributed by atoms with van der Waals surface area (Å²) in [6, 6.07) is 9.86. The summed E-state index contributed by atoms with van der Waals surface area (Å²) in [4.78, 5) is 29.4. The van der Waals surface area contributed by atoms with E-state index in [1.54, 1.807) is 18.8 Å². The molecule has 132 valence electrons. The maximum Gasteiger partial charge on any atom is 0.324 e. The van der Waals surface area contributed by atoms with Gasteiger partial charge in [-0.1, -0.05) is 18.2 Å². The first-order valence-corrected chi connectivity index (χ1v) is 8.40. The van der Waals surface area contributed by atoms with E-state index in [4.69, 9.17) is 0 Å². The van der Waals surface area contributed by atoms with Crippen LogP contribution in [-0.4, -0.2) is 61.8 Å². The molecule has 1 fully saturated rings. The highest BCUT2D eigenvalue weighted by Crippen LogP contribution is 2.15. The average molecular weight is 463 g/mol. The van der Waals surface area contributed by atoms with Crippen LogP contribution in [0.25, 0.3) is 0 Å². The Balaban J connectivity index is 0.00000288. The summed E-state index contributed by atoms with van der Waals surface area (Å²) in [6.07, 6.45) is 0. The summed E-state index contributed by atoms with van der Waals surface area (Å²) in [7, 11) is 1.69. The number of nitrogens with one attached hydrogen (secondary N) is 3. The van der Waals surface area contributed by atoms with Gasteiger partial charge in [0.2, 0.25) is 5.91 Å². The van der Waals surface area contributed by atoms with E-state index in [0.717, 1.165) is 12.3 Å². The lowest BCUT2D eigenvalue weighted by molar-refractivity contribution is -0.124. The monoisotopic (exact) mass is 463 g/mol. The van der Waals surface area contributed by atoms with E-state index in [0.29, 0.717) is 19.0 Å². The minimum Gasteiger partial charge on any atom is -0.356 e. The van der Waals surface area contributed by atoms with E-state index in [-0.39, 0.29) is 42.5 Å². The van der Waals surface area contributed by atoms with Gasteiger partial charge in [0.15, 0.2) is 5.96 Å². The minimum atomic E-state index is -0.334. The number of guanidine groups is 1. The lowest BCUT2D eigenvalue weighted by Crippen LogP contribution is -2.43. The van der Waals surface area contributed by atoms with Crippen molar-refractivity contribution < 1.29 is 9.59 Å². The van der Waals surface area contributed by atoms with Crippen LogP contribution < -0.4 is 16.0 Å². The fourth-order valence-electron chi connectivity index (χ4n) is 2.04. The Kier molecular flexibility index (Phi) is 9.53. The third-order valence-corrected chi connectivity index (χ3v) is 4.21. The van der Waals surface area contributed by atoms with Crippen LogP contribution in [-0.2, 0) is 4.79 Å². The van der Waals surface area contributed by atoms with E-state index in [2.05, 4.69) is 33.1 Å². The van der Waals surface area contributed by atoms with E-state index < -0.39 is 0 Å². The number of carbonyl (C=O) groups excluding carboxylic acids is 2. The minimum absolute atomic E-state index is 0. The Labute approximate surface area is 163 Å². The van der Waals surface area contributed by atoms with Crippen LogP contribution in [0.1, 0.15) is 0 Å². The molecule has 0 bridgehead atoms. The van der Waals surface area contributed by atoms with Crippen molar-refractivity contribution in [2.45, 2.75) is 4.90 Å². The molecule has 0 aliphatic carbocycles. The van der Waals surface area contributed by atoms with Crippen LogP contribution in [0.4, 0.5) is 4.79 Å². The van der Waals surface area contributed by atoms with Crippen molar-refractivity contribution in [1.29, 1.82) is 0 Å². The van der Waals surface area contributed by atoms with Gasteiger partial charge in [0, 0.05) is 37.3 Å². The highest BCUT2D eigenvalue weighted by Gasteiger charge is 2.27. The van der Waals surface area contributed by atoms with Gasteiger partial charge >= 0.3 is 6.03 Å². The molecule has 1 aromatic carbocycles. The zero-order chi connectivity index (χ0) is 16.5. The van der Waals surface area contributed by atoms with Crippen LogP contribution in [0.5, 0.6) is 0 Å². The van der Waals surface area contributed by atoms with E-state index in [9.17, 15) is 9.59 Å². The number of amides is 3. The molecule has 3 N–H and O–H groups in total. The van der Waals surface area contributed by atoms with Gasteiger partial charge in [-0.15, -0.1) is 35.7 Å². The molecule has 1 heterocycles. The lowest BCUT2D eigenvalue weighted by atomic mass is 10.4. The number of hydrogen-bond donors (Lipinski definition) is 3. The molecule has 0 radical (unpaired) electrons. The topological polar surface area (TPSA) is 85.8 Å². The fourth-order valence-corrected chi connectivity index (χ4v) is 2.83. The molecule has 0 unspecified atom stereocenters. The van der Waals surface area contributed by atoms with Gasteiger partial charge in [0.25, 0.3) is 0 Å². The lowest BCUT2D eigenvalue weighted by Gasteiger charge is -2.15. The summed E-state index contributed by atoms with van der Waals surface area (Å²) in [5.74, 6) is 1.38. The van der Waals surface area contributed by atoms with Gasteiger partial charge < -0.3 is 16.0 Å². The van der Waals surface area contributed by atoms with Gasteiger partial charge in [-0.2, -0.15) is 0 Å². The summed E-state index contributed by atoms with van der Waals surface area (Å²) in [6.45, 7) is 1.64. The van der Waals surface area contributed by atoms with Crippen LogP contribution in [0, 0.1) is 0 Å². The number of benzene rings is 1. The van der Waals surface area contributed by atoms with Crippen LogP contribution in [0.3, 0.4) is 0 Å². The van der Waals surface area contributed by atoms with Gasteiger partial charge in [0.1, 0.15) is 0 Å². The SMILES string of the molecule is CN=C(NCCSc1ccccc1)NCCN1C(=O)CNC1=O.I. The summed E-state index contributed by atoms with van der Waals surface area (Å²) in [5.41, 5.74) is 0. The maximum atomic E-state index is 11.4. The first-order valence-electron chi connectivity index (χ1n) is 7.41. The molecule has 0 spiro atoms. The Hall–Kier alpha value is -1.49. The molecule has 0 saturated carbocycles. The Morgan fingerprint density at radius 1 is 1.25 bits per heavy atom. The van der Waals surface area contributed by atoms with Gasteiger partial charge in [-0.05, 0) is 12.1 Å². The van der Waals surface area contributed by atoms with Crippen LogP contribution in [0.15, 0.2) is 40.2 Å². The number of rotatable bonds is 7. The number of carbonyl (C=O) groups is 2. The molecule has 0 atom stereocenters. The molecule has 1 aromatic rings. The number of thioether (sulfide) groups is 1. The largest absolute Gasteiger partial charge is 0.356 e. The second kappa shape index (κ2) is 11.1. The molecule has 1 saturated heterocycles. The molecule has 24 heavy (non-hydrogen) atoms. The van der Waals surface area contributed by atoms with E-state index >= 15 is 0 Å². The molecule has 9 heteroatoms. The Morgan fingerprint density at radius 3 is 2.58 bits per heavy atom. The highest BCUT2D eigenvalue weighted by molar-refractivity contribution is 14.0. The smallest absolute Gasteiger partial charge is 0.324 e. The molecule has 3 amide bonds. The first kappa shape index (κ1) is 20.6. The van der Waals surface area contributed by atoms with Crippen molar-refractivity contribution in [2.75, 3.05) is 39.0 Å². The van der Waals surface area contributed by atoms with Crippen molar-refractivity contribution in [2.24, 2.45) is 4.99 Å². The Morgan fingerprint density at radius 2 is 1.96 bits per heavy atom. The van der Waals surface area contributed by atoms with Crippen molar-refractivity contribution in [3.05, 3.63) is 30.3 Å². The van der Waals surface area contributed by atoms with Crippen molar-refractivity contribution in [3.63, 3.8) is 0 Å². The van der Waals surface area contributed by atoms with Crippen molar-refractivity contribution in [3.8, 4) is 0 Å². The van der Waals surface area contributed by atoms with Crippen molar-refractivity contribution in [1.82, 2.24) is 20.9 Å². The predicted molar refractivity (Wildman–Crippen MR) is 107 cm³/mol. The number of halogens is 1. The second-order valence-corrected chi connectivity index (χ2v) is 5.96. The number of nitrogens with zero attached hydrogens (tertiary/aromatic N) is 2. The van der Waals surface area contributed by atoms with Crippen molar-refractivity contribution >= 4 is 53.6 Å². The summed E-state index contributed by atoms with van der Waals surface area (Å²) in [5, 5.41) is 8.78. The normalized spacial score (nSPS) is 14.2. The van der Waals surface area contributed by atoms with Crippen LogP contribution >= 0.6 is 35.7 Å². The number of imide groups is 1. The van der Waals surface area contributed by atoms with Crippen LogP contribution in [0.2, 0.25) is 0 Å². The molecule has 1 aliphatic rings. The number of hydrogen-bond acceptors (Lipinski definition) is 4. The second-order valence-electron chi connectivity index (χ2n) is 4.79. The maximum absolute atomic E-state index is 11.4. The molecule has 2 rings (SSSR count). The third kappa shape index (κ3) is 6.56. The van der Waals surface area contributed by atoms with Gasteiger partial charge in [-0.25, -0.2) is 4.79 Å². The zero-order valence-corrected chi connectivity index (χ0v) is 16.6. The van der Waals surface area contributed by atoms with Gasteiger partial charge in [0.05, 0.1) is 6.54 Å². The fraction of sp³-hybridized carbons (Fsp3) is 0.400. The molecular formula is C15H22IN5O2S. The third-order valence-electron chi connectivity index (χ3n) is 3.19. The van der Waals surface area contributed by atoms with E-state index in [1.165, 1.54) is 9.80 Å². The molecule has 1 aliphatic heterocycles. The summed E-state index contributed by atoms with van der Waals surface area (Å²) < 4.78 is 0. The van der Waals surface area contributed by atoms with Gasteiger partial charge in [-0.3, -0.25) is 14.7 Å². The first-order chi connectivity index (χ1) is 11.2. The molecule has 7 nitrogen and oxygen atoms in total. The molecule has 0 aromatic heterocycles. The summed E-state index contributed by atoms with van der Waals surface area (Å²) >= 11 is 1.77. The standard InChI is InChI=1S/C15H21N5O2S.HI/c1-16-14(17-7-9-20-13(21)11-19-15(20)22)18-8-10-23-12-5-3-2-4-6-12;/h2-6H,7-11H2,1H3,(H,19,22)(H2,16,17,18);1H. The highest BCUT2D eigenvalue weighted by atomic mass is 127. The number of aliphatic imine (C=N–C) groups is 1. The Bertz CT molecular complexity index is 554. The van der Waals surface area contributed by atoms with E-state index in [1.807, 2.05) is 18.2 Å². The quantitative estimate of drug-likeness (QED) is 0.141.